The first-order chi connectivity index (χ1) is 13.4. The van der Waals surface area contributed by atoms with E-state index >= 15 is 0 Å². The van der Waals surface area contributed by atoms with Crippen LogP contribution in [0.2, 0.25) is 10.0 Å². The third-order valence-corrected chi connectivity index (χ3v) is 4.77. The number of fused-ring (bicyclic) bond motifs is 1. The molecule has 1 aliphatic rings. The summed E-state index contributed by atoms with van der Waals surface area (Å²) >= 11 is 23.4. The maximum absolute atomic E-state index is 12.3. The van der Waals surface area contributed by atoms with E-state index in [-0.39, 0.29) is 51.9 Å². The van der Waals surface area contributed by atoms with Crippen molar-refractivity contribution in [2.75, 3.05) is 19.8 Å². The topological polar surface area (TPSA) is 55.8 Å². The number of ether oxygens (including phenoxy) is 2. The van der Waals surface area contributed by atoms with E-state index in [0.717, 1.165) is 4.90 Å². The van der Waals surface area contributed by atoms with Crippen molar-refractivity contribution in [3.8, 4) is 11.5 Å². The predicted molar refractivity (Wildman–Crippen MR) is 109 cm³/mol. The Morgan fingerprint density at radius 1 is 0.964 bits per heavy atom. The Morgan fingerprint density at radius 3 is 2.07 bits per heavy atom. The largest absolute Gasteiger partial charge is 0.489 e. The van der Waals surface area contributed by atoms with Crippen LogP contribution in [0.25, 0.3) is 0 Å². The molecule has 0 atom stereocenters. The fourth-order valence-electron chi connectivity index (χ4n) is 2.64. The minimum atomic E-state index is -0.351. The average Bonchev–Trinajstić information content (AvgIpc) is 2.88. The molecule has 0 unspecified atom stereocenters. The minimum Gasteiger partial charge on any atom is -0.489 e. The maximum Gasteiger partial charge on any atom is 0.261 e. The lowest BCUT2D eigenvalue weighted by Crippen LogP contribution is -2.33. The molecule has 0 saturated heterocycles. The molecule has 3 rings (SSSR count). The van der Waals surface area contributed by atoms with Gasteiger partial charge in [0.25, 0.3) is 11.8 Å². The standard InChI is InChI=1S/C19H13Cl4NO4/c20-14-9-11(27-7-5-16(22)23)10-15(21)17(14)28-8-6-24-18(25)12-3-1-2-4-13(12)19(24)26/h1-5,9-10H,6-8H2. The van der Waals surface area contributed by atoms with Crippen LogP contribution in [0.5, 0.6) is 11.5 Å². The van der Waals surface area contributed by atoms with E-state index in [1.807, 2.05) is 0 Å². The summed E-state index contributed by atoms with van der Waals surface area (Å²) in [4.78, 5) is 25.8. The Bertz CT molecular complexity index is 899. The molecular weight excluding hydrogens is 448 g/mol. The average molecular weight is 461 g/mol. The molecule has 0 fully saturated rings. The van der Waals surface area contributed by atoms with Crippen molar-refractivity contribution in [1.29, 1.82) is 0 Å². The first-order valence-electron chi connectivity index (χ1n) is 8.09. The number of hydrogen-bond acceptors (Lipinski definition) is 4. The summed E-state index contributed by atoms with van der Waals surface area (Å²) in [5, 5.41) is 0.455. The normalized spacial score (nSPS) is 12.8. The van der Waals surface area contributed by atoms with Gasteiger partial charge in [-0.25, -0.2) is 0 Å². The Morgan fingerprint density at radius 2 is 1.54 bits per heavy atom. The number of rotatable bonds is 7. The van der Waals surface area contributed by atoms with Crippen LogP contribution in [0.3, 0.4) is 0 Å². The number of halogens is 4. The fourth-order valence-corrected chi connectivity index (χ4v) is 3.34. The van der Waals surface area contributed by atoms with E-state index in [2.05, 4.69) is 0 Å². The van der Waals surface area contributed by atoms with E-state index in [0.29, 0.717) is 16.9 Å². The molecular formula is C19H13Cl4NO4. The molecule has 0 spiro atoms. The van der Waals surface area contributed by atoms with Crippen LogP contribution >= 0.6 is 46.4 Å². The molecule has 5 nitrogen and oxygen atoms in total. The second kappa shape index (κ2) is 9.05. The van der Waals surface area contributed by atoms with Gasteiger partial charge in [-0.2, -0.15) is 0 Å². The van der Waals surface area contributed by atoms with Crippen molar-refractivity contribution >= 4 is 58.2 Å². The lowest BCUT2D eigenvalue weighted by molar-refractivity contribution is 0.0631. The minimum absolute atomic E-state index is 0.0374. The highest BCUT2D eigenvalue weighted by Crippen LogP contribution is 2.37. The number of imide groups is 1. The molecule has 0 radical (unpaired) electrons. The van der Waals surface area contributed by atoms with Gasteiger partial charge < -0.3 is 9.47 Å². The van der Waals surface area contributed by atoms with Crippen molar-refractivity contribution in [2.24, 2.45) is 0 Å². The molecule has 2 aromatic rings. The molecule has 2 aromatic carbocycles. The number of nitrogens with zero attached hydrogens (tertiary/aromatic N) is 1. The quantitative estimate of drug-likeness (QED) is 0.521. The van der Waals surface area contributed by atoms with Crippen LogP contribution in [-0.2, 0) is 0 Å². The van der Waals surface area contributed by atoms with Gasteiger partial charge in [0.2, 0.25) is 0 Å². The highest BCUT2D eigenvalue weighted by molar-refractivity contribution is 6.55. The molecule has 0 saturated carbocycles. The first kappa shape index (κ1) is 20.8. The van der Waals surface area contributed by atoms with Crippen molar-refractivity contribution < 1.29 is 19.1 Å². The fraction of sp³-hybridized carbons (Fsp3) is 0.158. The number of amides is 2. The molecule has 0 N–H and O–H groups in total. The third-order valence-electron chi connectivity index (χ3n) is 3.90. The van der Waals surface area contributed by atoms with Gasteiger partial charge in [0.1, 0.15) is 23.5 Å². The van der Waals surface area contributed by atoms with Gasteiger partial charge in [0.15, 0.2) is 5.75 Å². The second-order valence-corrected chi connectivity index (χ2v) is 7.50. The van der Waals surface area contributed by atoms with Gasteiger partial charge in [0.05, 0.1) is 27.7 Å². The van der Waals surface area contributed by atoms with Gasteiger partial charge in [-0.3, -0.25) is 14.5 Å². The number of carbonyl (C=O) groups is 2. The number of carbonyl (C=O) groups excluding carboxylic acids is 2. The highest BCUT2D eigenvalue weighted by atomic mass is 35.5. The van der Waals surface area contributed by atoms with Crippen LogP contribution in [0.1, 0.15) is 20.7 Å². The SMILES string of the molecule is O=C1c2ccccc2C(=O)N1CCOc1c(Cl)cc(OCC=C(Cl)Cl)cc1Cl. The van der Waals surface area contributed by atoms with Gasteiger partial charge in [-0.05, 0) is 18.2 Å². The van der Waals surface area contributed by atoms with Crippen LogP contribution in [0, 0.1) is 0 Å². The van der Waals surface area contributed by atoms with Crippen LogP contribution in [0.15, 0.2) is 47.0 Å². The van der Waals surface area contributed by atoms with Gasteiger partial charge in [-0.1, -0.05) is 58.5 Å². The van der Waals surface area contributed by atoms with Crippen molar-refractivity contribution in [2.45, 2.75) is 0 Å². The van der Waals surface area contributed by atoms with E-state index in [1.54, 1.807) is 24.3 Å². The van der Waals surface area contributed by atoms with E-state index < -0.39 is 0 Å². The molecule has 28 heavy (non-hydrogen) atoms. The summed E-state index contributed by atoms with van der Waals surface area (Å²) in [5.41, 5.74) is 0.771. The van der Waals surface area contributed by atoms with Crippen LogP contribution in [-0.4, -0.2) is 36.5 Å². The van der Waals surface area contributed by atoms with E-state index in [1.165, 1.54) is 18.2 Å². The summed E-state index contributed by atoms with van der Waals surface area (Å²) < 4.78 is 11.1. The number of hydrogen-bond donors (Lipinski definition) is 0. The molecule has 2 amide bonds. The van der Waals surface area contributed by atoms with Gasteiger partial charge in [-0.15, -0.1) is 0 Å². The summed E-state index contributed by atoms with van der Waals surface area (Å²) in [5.74, 6) is -0.0564. The van der Waals surface area contributed by atoms with Crippen molar-refractivity contribution in [3.63, 3.8) is 0 Å². The molecule has 9 heteroatoms. The predicted octanol–water partition coefficient (Wildman–Crippen LogP) is 5.37. The Balaban J connectivity index is 1.62. The van der Waals surface area contributed by atoms with Crippen LogP contribution < -0.4 is 9.47 Å². The summed E-state index contributed by atoms with van der Waals surface area (Å²) in [6.45, 7) is 0.251. The lowest BCUT2D eigenvalue weighted by atomic mass is 10.1. The Labute approximate surface area is 181 Å². The zero-order valence-corrected chi connectivity index (χ0v) is 17.3. The molecule has 1 aliphatic heterocycles. The monoisotopic (exact) mass is 459 g/mol. The van der Waals surface area contributed by atoms with Gasteiger partial charge in [0, 0.05) is 12.1 Å². The van der Waals surface area contributed by atoms with Crippen molar-refractivity contribution in [3.05, 3.63) is 68.1 Å². The lowest BCUT2D eigenvalue weighted by Gasteiger charge is -2.16. The van der Waals surface area contributed by atoms with E-state index in [9.17, 15) is 9.59 Å². The summed E-state index contributed by atoms with van der Waals surface area (Å²) in [7, 11) is 0. The number of benzene rings is 2. The van der Waals surface area contributed by atoms with Gasteiger partial charge >= 0.3 is 0 Å². The summed E-state index contributed by atoms with van der Waals surface area (Å²) in [6.07, 6.45) is 1.47. The highest BCUT2D eigenvalue weighted by Gasteiger charge is 2.34. The van der Waals surface area contributed by atoms with E-state index in [4.69, 9.17) is 55.9 Å². The zero-order valence-electron chi connectivity index (χ0n) is 14.3. The Hall–Kier alpha value is -1.92. The molecule has 0 bridgehead atoms. The van der Waals surface area contributed by atoms with Crippen LogP contribution in [0.4, 0.5) is 0 Å². The Kier molecular flexibility index (Phi) is 6.73. The molecule has 0 aromatic heterocycles. The molecule has 146 valence electrons. The molecule has 0 aliphatic carbocycles. The second-order valence-electron chi connectivity index (χ2n) is 5.68. The smallest absolute Gasteiger partial charge is 0.261 e. The summed E-state index contributed by atoms with van der Waals surface area (Å²) in [6, 6.07) is 9.72. The maximum atomic E-state index is 12.3. The van der Waals surface area contributed by atoms with Crippen molar-refractivity contribution in [1.82, 2.24) is 4.90 Å². The molecule has 1 heterocycles. The first-order valence-corrected chi connectivity index (χ1v) is 9.60. The zero-order chi connectivity index (χ0) is 20.3. The third kappa shape index (κ3) is 4.55.